The van der Waals surface area contributed by atoms with Crippen molar-refractivity contribution >= 4 is 23.6 Å². The zero-order valence-electron chi connectivity index (χ0n) is 15.1. The Balaban J connectivity index is 1.89. The highest BCUT2D eigenvalue weighted by atomic mass is 16.4. The quantitative estimate of drug-likeness (QED) is 0.536. The number of rotatable bonds is 8. The molecule has 0 spiro atoms. The minimum absolute atomic E-state index is 0.0129. The number of aliphatic carboxylic acids is 1. The Morgan fingerprint density at radius 1 is 1.04 bits per heavy atom. The summed E-state index contributed by atoms with van der Waals surface area (Å²) in [6, 6.07) is 15.5. The third-order valence-corrected chi connectivity index (χ3v) is 3.88. The third kappa shape index (κ3) is 6.81. The summed E-state index contributed by atoms with van der Waals surface area (Å²) in [5.74, 6) is -1.09. The Bertz CT molecular complexity index is 793. The average molecular weight is 369 g/mol. The molecule has 0 saturated heterocycles. The van der Waals surface area contributed by atoms with E-state index in [0.29, 0.717) is 17.7 Å². The number of carbonyl (C=O) groups excluding carboxylic acids is 2. The molecular formula is C20H23N3O4. The first-order chi connectivity index (χ1) is 13.0. The van der Waals surface area contributed by atoms with E-state index in [4.69, 9.17) is 5.11 Å². The van der Waals surface area contributed by atoms with E-state index in [1.54, 1.807) is 42.5 Å². The fourth-order valence-electron chi connectivity index (χ4n) is 2.45. The molecule has 0 fully saturated rings. The molecule has 4 N–H and O–H groups in total. The van der Waals surface area contributed by atoms with Crippen LogP contribution in [0.15, 0.2) is 54.6 Å². The molecule has 7 heteroatoms. The number of benzene rings is 2. The van der Waals surface area contributed by atoms with Gasteiger partial charge in [-0.25, -0.2) is 4.79 Å². The second-order valence-corrected chi connectivity index (χ2v) is 6.06. The van der Waals surface area contributed by atoms with Crippen LogP contribution < -0.4 is 16.0 Å². The lowest BCUT2D eigenvalue weighted by Gasteiger charge is -2.16. The predicted octanol–water partition coefficient (Wildman–Crippen LogP) is 3.16. The van der Waals surface area contributed by atoms with Crippen LogP contribution in [0.4, 0.5) is 10.5 Å². The van der Waals surface area contributed by atoms with Gasteiger partial charge in [-0.15, -0.1) is 0 Å². The van der Waals surface area contributed by atoms with Crippen molar-refractivity contribution in [3.8, 4) is 0 Å². The van der Waals surface area contributed by atoms with E-state index >= 15 is 0 Å². The second-order valence-electron chi connectivity index (χ2n) is 6.06. The molecule has 0 heterocycles. The number of anilines is 1. The van der Waals surface area contributed by atoms with Crippen molar-refractivity contribution < 1.29 is 19.5 Å². The summed E-state index contributed by atoms with van der Waals surface area (Å²) in [5, 5.41) is 16.8. The molecule has 0 radical (unpaired) electrons. The van der Waals surface area contributed by atoms with Crippen molar-refractivity contribution in [2.45, 2.75) is 25.8 Å². The Kier molecular flexibility index (Phi) is 7.37. The summed E-state index contributed by atoms with van der Waals surface area (Å²) in [6.45, 7) is 2.12. The zero-order valence-corrected chi connectivity index (χ0v) is 15.1. The number of urea groups is 1. The Labute approximate surface area is 157 Å². The summed E-state index contributed by atoms with van der Waals surface area (Å²) in [7, 11) is 0. The van der Waals surface area contributed by atoms with Gasteiger partial charge in [-0.2, -0.15) is 0 Å². The number of hydrogen-bond donors (Lipinski definition) is 4. The highest BCUT2D eigenvalue weighted by molar-refractivity contribution is 6.04. The molecule has 1 atom stereocenters. The van der Waals surface area contributed by atoms with Crippen LogP contribution in [-0.2, 0) is 4.79 Å². The van der Waals surface area contributed by atoms with Crippen molar-refractivity contribution in [1.82, 2.24) is 10.6 Å². The lowest BCUT2D eigenvalue weighted by atomic mass is 10.1. The highest BCUT2D eigenvalue weighted by Gasteiger charge is 2.11. The van der Waals surface area contributed by atoms with Gasteiger partial charge in [0.15, 0.2) is 0 Å². The minimum atomic E-state index is -0.889. The third-order valence-electron chi connectivity index (χ3n) is 3.88. The van der Waals surface area contributed by atoms with Gasteiger partial charge >= 0.3 is 12.0 Å². The molecule has 1 unspecified atom stereocenters. The van der Waals surface area contributed by atoms with E-state index < -0.39 is 5.97 Å². The Morgan fingerprint density at radius 2 is 1.78 bits per heavy atom. The second kappa shape index (κ2) is 9.96. The van der Waals surface area contributed by atoms with Gasteiger partial charge in [-0.3, -0.25) is 9.59 Å². The van der Waals surface area contributed by atoms with Crippen LogP contribution >= 0.6 is 0 Å². The first kappa shape index (κ1) is 20.0. The molecule has 142 valence electrons. The molecule has 0 aliphatic rings. The normalized spacial score (nSPS) is 11.3. The maximum Gasteiger partial charge on any atom is 0.315 e. The fraction of sp³-hybridized carbons (Fsp3) is 0.250. The molecule has 0 bridgehead atoms. The molecule has 2 aromatic rings. The lowest BCUT2D eigenvalue weighted by molar-refractivity contribution is -0.137. The predicted molar refractivity (Wildman–Crippen MR) is 103 cm³/mol. The maximum absolute atomic E-state index is 12.2. The summed E-state index contributed by atoms with van der Waals surface area (Å²) in [6.07, 6.45) is 0.386. The first-order valence-electron chi connectivity index (χ1n) is 8.68. The Morgan fingerprint density at radius 3 is 2.48 bits per heavy atom. The molecule has 7 nitrogen and oxygen atoms in total. The molecular weight excluding hydrogens is 346 g/mol. The summed E-state index contributed by atoms with van der Waals surface area (Å²) in [5.41, 5.74) is 2.04. The number of carbonyl (C=O) groups is 3. The van der Waals surface area contributed by atoms with Crippen LogP contribution in [0.3, 0.4) is 0 Å². The van der Waals surface area contributed by atoms with Crippen molar-refractivity contribution in [2.24, 2.45) is 0 Å². The molecule has 27 heavy (non-hydrogen) atoms. The van der Waals surface area contributed by atoms with Crippen molar-refractivity contribution in [3.63, 3.8) is 0 Å². The summed E-state index contributed by atoms with van der Waals surface area (Å²) in [4.78, 5) is 34.6. The number of carboxylic acid groups (broad SMARTS) is 1. The van der Waals surface area contributed by atoms with Crippen molar-refractivity contribution in [2.75, 3.05) is 11.9 Å². The van der Waals surface area contributed by atoms with Crippen LogP contribution in [0.25, 0.3) is 0 Å². The van der Waals surface area contributed by atoms with Gasteiger partial charge in [0.25, 0.3) is 5.91 Å². The number of nitrogens with one attached hydrogen (secondary N) is 3. The fourth-order valence-corrected chi connectivity index (χ4v) is 2.45. The van der Waals surface area contributed by atoms with Crippen molar-refractivity contribution in [1.29, 1.82) is 0 Å². The summed E-state index contributed by atoms with van der Waals surface area (Å²) >= 11 is 0. The van der Waals surface area contributed by atoms with E-state index in [-0.39, 0.29) is 30.9 Å². The monoisotopic (exact) mass is 369 g/mol. The minimum Gasteiger partial charge on any atom is -0.481 e. The van der Waals surface area contributed by atoms with Gasteiger partial charge in [0.1, 0.15) is 0 Å². The van der Waals surface area contributed by atoms with E-state index in [1.165, 1.54) is 0 Å². The van der Waals surface area contributed by atoms with E-state index in [1.807, 2.05) is 19.1 Å². The Hall–Kier alpha value is -3.35. The van der Waals surface area contributed by atoms with Gasteiger partial charge in [0.05, 0.1) is 6.04 Å². The van der Waals surface area contributed by atoms with Crippen molar-refractivity contribution in [3.05, 3.63) is 65.7 Å². The van der Waals surface area contributed by atoms with Crippen LogP contribution in [0.2, 0.25) is 0 Å². The zero-order chi connectivity index (χ0) is 19.6. The smallest absolute Gasteiger partial charge is 0.315 e. The highest BCUT2D eigenvalue weighted by Crippen LogP contribution is 2.18. The van der Waals surface area contributed by atoms with Gasteiger partial charge in [-0.1, -0.05) is 30.3 Å². The first-order valence-corrected chi connectivity index (χ1v) is 8.68. The lowest BCUT2D eigenvalue weighted by Crippen LogP contribution is -2.37. The van der Waals surface area contributed by atoms with Crippen LogP contribution in [-0.4, -0.2) is 29.6 Å². The van der Waals surface area contributed by atoms with E-state index in [9.17, 15) is 14.4 Å². The van der Waals surface area contributed by atoms with Gasteiger partial charge in [0.2, 0.25) is 0 Å². The molecule has 0 aliphatic heterocycles. The van der Waals surface area contributed by atoms with Crippen LogP contribution in [0.1, 0.15) is 41.7 Å². The maximum atomic E-state index is 12.2. The standard InChI is InChI=1S/C20H23N3O4/c1-14(22-20(27)21-12-6-11-18(24)25)16-9-5-10-17(13-16)23-19(26)15-7-3-2-4-8-15/h2-5,7-10,13-14H,6,11-12H2,1H3,(H,23,26)(H,24,25)(H2,21,22,27). The van der Waals surface area contributed by atoms with Gasteiger partial charge in [0, 0.05) is 24.2 Å². The molecule has 0 aromatic heterocycles. The number of amides is 3. The molecule has 3 amide bonds. The molecule has 2 rings (SSSR count). The van der Waals surface area contributed by atoms with Gasteiger partial charge < -0.3 is 21.1 Å². The molecule has 0 aliphatic carbocycles. The molecule has 0 saturated carbocycles. The topological polar surface area (TPSA) is 108 Å². The SMILES string of the molecule is CC(NC(=O)NCCCC(=O)O)c1cccc(NC(=O)c2ccccc2)c1. The largest absolute Gasteiger partial charge is 0.481 e. The van der Waals surface area contributed by atoms with Crippen LogP contribution in [0.5, 0.6) is 0 Å². The van der Waals surface area contributed by atoms with Gasteiger partial charge in [-0.05, 0) is 43.2 Å². The van der Waals surface area contributed by atoms with E-state index in [0.717, 1.165) is 5.56 Å². The molecule has 2 aromatic carbocycles. The van der Waals surface area contributed by atoms with E-state index in [2.05, 4.69) is 16.0 Å². The summed E-state index contributed by atoms with van der Waals surface area (Å²) < 4.78 is 0. The number of hydrogen-bond acceptors (Lipinski definition) is 3. The number of carboxylic acids is 1. The average Bonchev–Trinajstić information content (AvgIpc) is 2.66. The van der Waals surface area contributed by atoms with Crippen LogP contribution in [0, 0.1) is 0 Å².